The Bertz CT molecular complexity index is 1350. The number of rotatable bonds is 21. The molecule has 1 heterocycles. The molecule has 50 heavy (non-hydrogen) atoms. The SMILES string of the molecule is CC[C@H](C)[C@H](NC(=O)[C@@H](NC(=O)[C@H](Cc1cnc[nH]1)NC(=O)[C@H](C)NC(=O)[C@H](CC(N)=O)NC(=O)[C@@H](NC(=O)CN)[C@@H](C)O)C(C)C)C(=O)O. The molecule has 0 aromatic carbocycles. The van der Waals surface area contributed by atoms with E-state index < -0.39 is 114 Å². The number of primary amides is 1. The molecule has 1 aromatic heterocycles. The number of aliphatic hydroxyl groups excluding tert-OH is 1. The van der Waals surface area contributed by atoms with Gasteiger partial charge in [-0.1, -0.05) is 34.1 Å². The summed E-state index contributed by atoms with van der Waals surface area (Å²) in [6.07, 6.45) is 0.939. The number of nitrogens with two attached hydrogens (primary N) is 2. The van der Waals surface area contributed by atoms with E-state index in [-0.39, 0.29) is 6.42 Å². The highest BCUT2D eigenvalue weighted by Gasteiger charge is 2.35. The van der Waals surface area contributed by atoms with Gasteiger partial charge in [-0.3, -0.25) is 33.6 Å². The van der Waals surface area contributed by atoms with Crippen molar-refractivity contribution in [3.63, 3.8) is 0 Å². The topological polar surface area (TPSA) is 330 Å². The van der Waals surface area contributed by atoms with Gasteiger partial charge in [-0.2, -0.15) is 0 Å². The number of amides is 7. The van der Waals surface area contributed by atoms with Crippen molar-refractivity contribution < 1.29 is 48.6 Å². The first kappa shape index (κ1) is 42.9. The van der Waals surface area contributed by atoms with Crippen molar-refractivity contribution in [2.24, 2.45) is 23.3 Å². The lowest BCUT2D eigenvalue weighted by molar-refractivity contribution is -0.144. The van der Waals surface area contributed by atoms with Crippen LogP contribution < -0.4 is 43.4 Å². The predicted molar refractivity (Wildman–Crippen MR) is 176 cm³/mol. The minimum Gasteiger partial charge on any atom is -0.480 e. The molecule has 8 atom stereocenters. The molecule has 0 bridgehead atoms. The van der Waals surface area contributed by atoms with E-state index in [1.165, 1.54) is 26.4 Å². The van der Waals surface area contributed by atoms with Gasteiger partial charge in [0.2, 0.25) is 41.4 Å². The molecule has 7 amide bonds. The van der Waals surface area contributed by atoms with Crippen LogP contribution in [0.5, 0.6) is 0 Å². The highest BCUT2D eigenvalue weighted by atomic mass is 16.4. The molecular weight excluding hydrogens is 660 g/mol. The standard InChI is InChI=1S/C30H50N10O10/c1-7-14(4)23(30(49)50)40-28(47)22(13(2)3)39-27(46)18(8-17-11-33-12-34-17)36-25(44)15(5)35-26(45)19(9-20(32)42)37-29(48)24(16(6)41)38-21(43)10-31/h11-16,18-19,22-24,41H,7-10,31H2,1-6H3,(H2,32,42)(H,33,34)(H,35,45)(H,36,44)(H,37,48)(H,38,43)(H,39,46)(H,40,47)(H,49,50)/t14-,15-,16+,18-,19-,22-,23-,24-/m0/s1. The first-order valence-electron chi connectivity index (χ1n) is 16.0. The summed E-state index contributed by atoms with van der Waals surface area (Å²) in [5.74, 6) is -8.42. The van der Waals surface area contributed by atoms with Crippen molar-refractivity contribution in [3.8, 4) is 0 Å². The Morgan fingerprint density at radius 1 is 0.780 bits per heavy atom. The second-order valence-corrected chi connectivity index (χ2v) is 12.2. The molecule has 0 fully saturated rings. The molecule has 0 aliphatic carbocycles. The number of aromatic nitrogens is 2. The third-order valence-corrected chi connectivity index (χ3v) is 7.69. The maximum atomic E-state index is 13.5. The molecule has 0 saturated carbocycles. The summed E-state index contributed by atoms with van der Waals surface area (Å²) in [5.41, 5.74) is 10.9. The van der Waals surface area contributed by atoms with Crippen LogP contribution in [0.2, 0.25) is 0 Å². The summed E-state index contributed by atoms with van der Waals surface area (Å²) in [6, 6.07) is -8.27. The fourth-order valence-electron chi connectivity index (χ4n) is 4.53. The third kappa shape index (κ3) is 13.8. The fraction of sp³-hybridized carbons (Fsp3) is 0.633. The second-order valence-electron chi connectivity index (χ2n) is 12.2. The number of aliphatic hydroxyl groups is 1. The van der Waals surface area contributed by atoms with Crippen LogP contribution in [0.3, 0.4) is 0 Å². The van der Waals surface area contributed by atoms with E-state index in [2.05, 4.69) is 41.9 Å². The maximum absolute atomic E-state index is 13.5. The van der Waals surface area contributed by atoms with Gasteiger partial charge < -0.3 is 58.6 Å². The van der Waals surface area contributed by atoms with Gasteiger partial charge in [0.05, 0.1) is 25.4 Å². The van der Waals surface area contributed by atoms with E-state index in [0.29, 0.717) is 12.1 Å². The number of carbonyl (C=O) groups is 8. The average Bonchev–Trinajstić information content (AvgIpc) is 3.55. The third-order valence-electron chi connectivity index (χ3n) is 7.69. The molecule has 13 N–H and O–H groups in total. The number of aromatic amines is 1. The summed E-state index contributed by atoms with van der Waals surface area (Å²) in [4.78, 5) is 108. The summed E-state index contributed by atoms with van der Waals surface area (Å²) in [6.45, 7) is 8.67. The molecule has 0 saturated heterocycles. The molecule has 0 aliphatic heterocycles. The van der Waals surface area contributed by atoms with E-state index in [1.54, 1.807) is 27.7 Å². The Labute approximate surface area is 289 Å². The van der Waals surface area contributed by atoms with E-state index in [9.17, 15) is 48.6 Å². The smallest absolute Gasteiger partial charge is 0.326 e. The van der Waals surface area contributed by atoms with Gasteiger partial charge in [-0.25, -0.2) is 9.78 Å². The minimum absolute atomic E-state index is 0.134. The zero-order chi connectivity index (χ0) is 38.3. The van der Waals surface area contributed by atoms with Crippen molar-refractivity contribution >= 4 is 47.3 Å². The Hall–Kier alpha value is -5.11. The van der Waals surface area contributed by atoms with Crippen LogP contribution in [0.1, 0.15) is 60.1 Å². The van der Waals surface area contributed by atoms with Crippen molar-refractivity contribution in [2.45, 2.75) is 103 Å². The molecule has 20 heteroatoms. The van der Waals surface area contributed by atoms with Crippen LogP contribution in [-0.4, -0.2) is 116 Å². The summed E-state index contributed by atoms with van der Waals surface area (Å²) in [7, 11) is 0. The van der Waals surface area contributed by atoms with Gasteiger partial charge >= 0.3 is 5.97 Å². The largest absolute Gasteiger partial charge is 0.480 e. The van der Waals surface area contributed by atoms with E-state index in [1.807, 2.05) is 0 Å². The summed E-state index contributed by atoms with van der Waals surface area (Å²) >= 11 is 0. The number of nitrogens with one attached hydrogen (secondary N) is 7. The molecular formula is C30H50N10O10. The van der Waals surface area contributed by atoms with Gasteiger partial charge in [0.1, 0.15) is 36.3 Å². The molecule has 0 radical (unpaired) electrons. The number of nitrogens with zero attached hydrogens (tertiary/aromatic N) is 1. The van der Waals surface area contributed by atoms with E-state index in [4.69, 9.17) is 11.5 Å². The quantitative estimate of drug-likeness (QED) is 0.0580. The van der Waals surface area contributed by atoms with Crippen LogP contribution >= 0.6 is 0 Å². The van der Waals surface area contributed by atoms with Gasteiger partial charge in [-0.15, -0.1) is 0 Å². The number of hydrogen-bond donors (Lipinski definition) is 11. The lowest BCUT2D eigenvalue weighted by Crippen LogP contribution is -2.61. The number of carbonyl (C=O) groups excluding carboxylic acids is 7. The van der Waals surface area contributed by atoms with E-state index >= 15 is 0 Å². The molecule has 1 rings (SSSR count). The summed E-state index contributed by atoms with van der Waals surface area (Å²) in [5, 5.41) is 33.9. The number of carboxylic acids is 1. The lowest BCUT2D eigenvalue weighted by Gasteiger charge is -2.28. The van der Waals surface area contributed by atoms with Crippen LogP contribution in [0.25, 0.3) is 0 Å². The minimum atomic E-state index is -1.63. The highest BCUT2D eigenvalue weighted by Crippen LogP contribution is 2.11. The van der Waals surface area contributed by atoms with Gasteiger partial charge in [0, 0.05) is 18.3 Å². The normalized spacial score (nSPS) is 15.9. The number of imidazole rings is 1. The highest BCUT2D eigenvalue weighted by molar-refractivity contribution is 5.98. The van der Waals surface area contributed by atoms with Crippen LogP contribution in [-0.2, 0) is 44.8 Å². The van der Waals surface area contributed by atoms with Crippen LogP contribution in [0.15, 0.2) is 12.5 Å². The Morgan fingerprint density at radius 3 is 1.82 bits per heavy atom. The predicted octanol–water partition coefficient (Wildman–Crippen LogP) is -4.12. The first-order chi connectivity index (χ1) is 23.3. The molecule has 280 valence electrons. The van der Waals surface area contributed by atoms with E-state index in [0.717, 1.165) is 0 Å². The molecule has 20 nitrogen and oxygen atoms in total. The number of aliphatic carboxylic acids is 1. The Morgan fingerprint density at radius 2 is 1.34 bits per heavy atom. The fourth-order valence-corrected chi connectivity index (χ4v) is 4.53. The van der Waals surface area contributed by atoms with Gasteiger partial charge in [0.25, 0.3) is 0 Å². The first-order valence-corrected chi connectivity index (χ1v) is 16.0. The van der Waals surface area contributed by atoms with Crippen molar-refractivity contribution in [1.29, 1.82) is 0 Å². The van der Waals surface area contributed by atoms with Crippen molar-refractivity contribution in [1.82, 2.24) is 41.9 Å². The maximum Gasteiger partial charge on any atom is 0.326 e. The van der Waals surface area contributed by atoms with Crippen LogP contribution in [0.4, 0.5) is 0 Å². The monoisotopic (exact) mass is 710 g/mol. The lowest BCUT2D eigenvalue weighted by atomic mass is 9.97. The number of hydrogen-bond acceptors (Lipinski definition) is 11. The molecule has 0 unspecified atom stereocenters. The van der Waals surface area contributed by atoms with Crippen LogP contribution in [0, 0.1) is 11.8 Å². The second kappa shape index (κ2) is 20.4. The van der Waals surface area contributed by atoms with Crippen molar-refractivity contribution in [3.05, 3.63) is 18.2 Å². The van der Waals surface area contributed by atoms with Gasteiger partial charge in [-0.05, 0) is 25.7 Å². The van der Waals surface area contributed by atoms with Gasteiger partial charge in [0.15, 0.2) is 0 Å². The zero-order valence-electron chi connectivity index (χ0n) is 28.9. The molecule has 0 aliphatic rings. The Kier molecular flexibility index (Phi) is 17.5. The number of H-pyrrole nitrogens is 1. The number of carboxylic acid groups (broad SMARTS) is 1. The molecule has 1 aromatic rings. The Balaban J connectivity index is 3.17. The zero-order valence-corrected chi connectivity index (χ0v) is 28.9. The van der Waals surface area contributed by atoms with Crippen molar-refractivity contribution in [2.75, 3.05) is 6.54 Å². The average molecular weight is 711 g/mol. The summed E-state index contributed by atoms with van der Waals surface area (Å²) < 4.78 is 0. The molecule has 0 spiro atoms.